The zero-order valence-electron chi connectivity index (χ0n) is 16.9. The molecule has 1 unspecified atom stereocenters. The first-order valence-electron chi connectivity index (χ1n) is 9.86. The molecule has 9 heteroatoms. The van der Waals surface area contributed by atoms with Gasteiger partial charge in [-0.3, -0.25) is 4.40 Å². The third kappa shape index (κ3) is 5.49. The molecule has 0 amide bonds. The van der Waals surface area contributed by atoms with Gasteiger partial charge in [0.05, 0.1) is 5.56 Å². The quantitative estimate of drug-likeness (QED) is 0.450. The number of nitrogens with zero attached hydrogens (tertiary/aromatic N) is 4. The van der Waals surface area contributed by atoms with Crippen LogP contribution in [0, 0.1) is 0 Å². The highest BCUT2D eigenvalue weighted by Gasteiger charge is 2.30. The van der Waals surface area contributed by atoms with E-state index in [-0.39, 0.29) is 5.92 Å². The largest absolute Gasteiger partial charge is 0.416 e. The van der Waals surface area contributed by atoms with Gasteiger partial charge in [-0.1, -0.05) is 31.2 Å². The van der Waals surface area contributed by atoms with E-state index < -0.39 is 11.7 Å². The van der Waals surface area contributed by atoms with Crippen LogP contribution in [0.2, 0.25) is 0 Å². The summed E-state index contributed by atoms with van der Waals surface area (Å²) >= 11 is 0. The van der Waals surface area contributed by atoms with Crippen molar-refractivity contribution in [2.45, 2.75) is 38.9 Å². The second kappa shape index (κ2) is 9.60. The predicted octanol–water partition coefficient (Wildman–Crippen LogP) is 4.00. The van der Waals surface area contributed by atoms with Gasteiger partial charge >= 0.3 is 6.18 Å². The molecule has 0 bridgehead atoms. The average molecular weight is 418 g/mol. The molecule has 0 spiro atoms. The Bertz CT molecular complexity index is 996. The summed E-state index contributed by atoms with van der Waals surface area (Å²) in [6.45, 7) is 5.50. The molecular formula is C21H25F3N6. The Morgan fingerprint density at radius 1 is 1.13 bits per heavy atom. The van der Waals surface area contributed by atoms with Crippen LogP contribution in [-0.4, -0.2) is 33.6 Å². The Labute approximate surface area is 173 Å². The number of benzene rings is 1. The molecule has 2 N–H and O–H groups in total. The zero-order valence-corrected chi connectivity index (χ0v) is 16.9. The third-order valence-electron chi connectivity index (χ3n) is 4.76. The smallest absolute Gasteiger partial charge is 0.357 e. The predicted molar refractivity (Wildman–Crippen MR) is 110 cm³/mol. The Kier molecular flexibility index (Phi) is 6.91. The number of guanidine groups is 1. The van der Waals surface area contributed by atoms with E-state index in [1.807, 2.05) is 42.6 Å². The number of aliphatic imine (C=N–C) groups is 1. The monoisotopic (exact) mass is 418 g/mol. The second-order valence-electron chi connectivity index (χ2n) is 6.98. The molecule has 2 aromatic heterocycles. The van der Waals surface area contributed by atoms with Gasteiger partial charge in [0.2, 0.25) is 0 Å². The SMILES string of the molecule is CCNC(=NCc1nnc2ccccn12)NCCC(C)c1cccc(C(F)(F)F)c1. The maximum Gasteiger partial charge on any atom is 0.416 e. The van der Waals surface area contributed by atoms with Gasteiger partial charge in [0, 0.05) is 19.3 Å². The lowest BCUT2D eigenvalue weighted by Gasteiger charge is -2.16. The molecule has 30 heavy (non-hydrogen) atoms. The molecule has 0 radical (unpaired) electrons. The summed E-state index contributed by atoms with van der Waals surface area (Å²) in [5.74, 6) is 1.32. The van der Waals surface area contributed by atoms with E-state index in [0.717, 1.165) is 17.5 Å². The average Bonchev–Trinajstić information content (AvgIpc) is 3.14. The first kappa shape index (κ1) is 21.6. The standard InChI is InChI=1S/C21H25F3N6/c1-3-25-20(27-14-19-29-28-18-9-4-5-12-30(18)19)26-11-10-15(2)16-7-6-8-17(13-16)21(22,23)24/h4-9,12-13,15H,3,10-11,14H2,1-2H3,(H2,25,26,27). The van der Waals surface area contributed by atoms with Crippen LogP contribution in [0.15, 0.2) is 53.7 Å². The Morgan fingerprint density at radius 3 is 2.73 bits per heavy atom. The van der Waals surface area contributed by atoms with Crippen LogP contribution in [0.3, 0.4) is 0 Å². The summed E-state index contributed by atoms with van der Waals surface area (Å²) in [4.78, 5) is 4.54. The molecular weight excluding hydrogens is 393 g/mol. The molecule has 3 rings (SSSR count). The molecule has 1 atom stereocenters. The molecule has 6 nitrogen and oxygen atoms in total. The minimum absolute atomic E-state index is 0.0249. The molecule has 0 saturated heterocycles. The molecule has 0 fully saturated rings. The molecule has 0 aliphatic carbocycles. The van der Waals surface area contributed by atoms with Gasteiger partial charge in [0.15, 0.2) is 17.4 Å². The second-order valence-corrected chi connectivity index (χ2v) is 6.98. The van der Waals surface area contributed by atoms with Crippen LogP contribution in [-0.2, 0) is 12.7 Å². The lowest BCUT2D eigenvalue weighted by Crippen LogP contribution is -2.38. The fourth-order valence-corrected chi connectivity index (χ4v) is 3.09. The number of aromatic nitrogens is 3. The van der Waals surface area contributed by atoms with E-state index in [0.29, 0.717) is 37.6 Å². The molecule has 1 aromatic carbocycles. The van der Waals surface area contributed by atoms with E-state index >= 15 is 0 Å². The number of fused-ring (bicyclic) bond motifs is 1. The van der Waals surface area contributed by atoms with Crippen molar-refractivity contribution in [2.24, 2.45) is 4.99 Å². The van der Waals surface area contributed by atoms with Crippen LogP contribution in [0.25, 0.3) is 5.65 Å². The third-order valence-corrected chi connectivity index (χ3v) is 4.76. The minimum Gasteiger partial charge on any atom is -0.357 e. The van der Waals surface area contributed by atoms with Gasteiger partial charge in [-0.25, -0.2) is 4.99 Å². The summed E-state index contributed by atoms with van der Waals surface area (Å²) in [6, 6.07) is 11.2. The lowest BCUT2D eigenvalue weighted by molar-refractivity contribution is -0.137. The highest BCUT2D eigenvalue weighted by molar-refractivity contribution is 5.79. The zero-order chi connectivity index (χ0) is 21.6. The van der Waals surface area contributed by atoms with Crippen molar-refractivity contribution < 1.29 is 13.2 Å². The van der Waals surface area contributed by atoms with Crippen LogP contribution >= 0.6 is 0 Å². The van der Waals surface area contributed by atoms with Crippen molar-refractivity contribution in [3.8, 4) is 0 Å². The number of hydrogen-bond donors (Lipinski definition) is 2. The molecule has 0 aliphatic rings. The number of alkyl halides is 3. The minimum atomic E-state index is -4.33. The topological polar surface area (TPSA) is 66.6 Å². The van der Waals surface area contributed by atoms with E-state index in [1.54, 1.807) is 6.07 Å². The molecule has 3 aromatic rings. The fraction of sp³-hybridized carbons (Fsp3) is 0.381. The van der Waals surface area contributed by atoms with E-state index in [2.05, 4.69) is 25.8 Å². The summed E-state index contributed by atoms with van der Waals surface area (Å²) < 4.78 is 40.7. The first-order chi connectivity index (χ1) is 14.4. The highest BCUT2D eigenvalue weighted by atomic mass is 19.4. The van der Waals surface area contributed by atoms with Crippen LogP contribution in [0.5, 0.6) is 0 Å². The maximum absolute atomic E-state index is 12.9. The van der Waals surface area contributed by atoms with Crippen molar-refractivity contribution >= 4 is 11.6 Å². The van der Waals surface area contributed by atoms with E-state index in [1.165, 1.54) is 12.1 Å². The van der Waals surface area contributed by atoms with Gasteiger partial charge < -0.3 is 10.6 Å². The summed E-state index contributed by atoms with van der Waals surface area (Å²) in [5.41, 5.74) is 0.814. The first-order valence-corrected chi connectivity index (χ1v) is 9.86. The fourth-order valence-electron chi connectivity index (χ4n) is 3.09. The number of halogens is 3. The Hall–Kier alpha value is -3.10. The maximum atomic E-state index is 12.9. The van der Waals surface area contributed by atoms with Crippen molar-refractivity contribution in [1.29, 1.82) is 0 Å². The number of rotatable bonds is 7. The van der Waals surface area contributed by atoms with Gasteiger partial charge in [-0.05, 0) is 43.0 Å². The molecule has 0 aliphatic heterocycles. The van der Waals surface area contributed by atoms with Crippen molar-refractivity contribution in [3.05, 3.63) is 65.6 Å². The number of pyridine rings is 1. The van der Waals surface area contributed by atoms with Gasteiger partial charge in [-0.15, -0.1) is 10.2 Å². The number of nitrogens with one attached hydrogen (secondary N) is 2. The lowest BCUT2D eigenvalue weighted by atomic mass is 9.96. The van der Waals surface area contributed by atoms with E-state index in [4.69, 9.17) is 0 Å². The normalized spacial score (nSPS) is 13.4. The van der Waals surface area contributed by atoms with E-state index in [9.17, 15) is 13.2 Å². The van der Waals surface area contributed by atoms with Crippen LogP contribution < -0.4 is 10.6 Å². The highest BCUT2D eigenvalue weighted by Crippen LogP contribution is 2.31. The summed E-state index contributed by atoms with van der Waals surface area (Å²) in [5, 5.41) is 14.7. The van der Waals surface area contributed by atoms with Gasteiger partial charge in [0.25, 0.3) is 0 Å². The van der Waals surface area contributed by atoms with Crippen molar-refractivity contribution in [3.63, 3.8) is 0 Å². The van der Waals surface area contributed by atoms with Crippen molar-refractivity contribution in [2.75, 3.05) is 13.1 Å². The number of hydrogen-bond acceptors (Lipinski definition) is 3. The summed E-state index contributed by atoms with van der Waals surface area (Å²) in [6.07, 6.45) is -1.78. The Balaban J connectivity index is 1.59. The molecule has 2 heterocycles. The summed E-state index contributed by atoms with van der Waals surface area (Å²) in [7, 11) is 0. The van der Waals surface area contributed by atoms with Crippen LogP contribution in [0.1, 0.15) is 43.1 Å². The van der Waals surface area contributed by atoms with Gasteiger partial charge in [0.1, 0.15) is 6.54 Å². The van der Waals surface area contributed by atoms with Gasteiger partial charge in [-0.2, -0.15) is 13.2 Å². The molecule has 0 saturated carbocycles. The molecule has 160 valence electrons. The van der Waals surface area contributed by atoms with Crippen molar-refractivity contribution in [1.82, 2.24) is 25.2 Å². The Morgan fingerprint density at radius 2 is 1.97 bits per heavy atom. The van der Waals surface area contributed by atoms with Crippen LogP contribution in [0.4, 0.5) is 13.2 Å².